The van der Waals surface area contributed by atoms with Crippen LogP contribution < -0.4 is 0 Å². The van der Waals surface area contributed by atoms with Crippen molar-refractivity contribution < 1.29 is 13.9 Å². The predicted molar refractivity (Wildman–Crippen MR) is 82.2 cm³/mol. The van der Waals surface area contributed by atoms with E-state index in [0.717, 1.165) is 24.3 Å². The van der Waals surface area contributed by atoms with Gasteiger partial charge < -0.3 is 14.1 Å². The van der Waals surface area contributed by atoms with Gasteiger partial charge in [0.15, 0.2) is 12.2 Å². The van der Waals surface area contributed by atoms with Crippen LogP contribution in [0.1, 0.15) is 12.0 Å². The molecule has 1 amide bonds. The molecule has 5 nitrogen and oxygen atoms in total. The van der Waals surface area contributed by atoms with E-state index in [-0.39, 0.29) is 5.91 Å². The van der Waals surface area contributed by atoms with Gasteiger partial charge in [0.1, 0.15) is 0 Å². The first-order chi connectivity index (χ1) is 10.8. The fraction of sp³-hybridized carbons (Fsp3) is 0.412. The van der Waals surface area contributed by atoms with Gasteiger partial charge in [-0.05, 0) is 17.9 Å². The summed E-state index contributed by atoms with van der Waals surface area (Å²) in [6.45, 7) is 2.12. The third-order valence-electron chi connectivity index (χ3n) is 4.06. The molecule has 0 bridgehead atoms. The normalized spacial score (nSPS) is 18.1. The largest absolute Gasteiger partial charge is 0.444 e. The Morgan fingerprint density at radius 2 is 2.18 bits per heavy atom. The number of rotatable bonds is 6. The molecule has 0 unspecified atom stereocenters. The summed E-state index contributed by atoms with van der Waals surface area (Å²) in [6, 6.07) is 8.27. The highest BCUT2D eigenvalue weighted by atomic mass is 16.5. The zero-order chi connectivity index (χ0) is 15.4. The van der Waals surface area contributed by atoms with Crippen molar-refractivity contribution >= 4 is 5.91 Å². The molecule has 3 rings (SSSR count). The highest BCUT2D eigenvalue weighted by Gasteiger charge is 2.29. The lowest BCUT2D eigenvalue weighted by atomic mass is 9.97. The van der Waals surface area contributed by atoms with Crippen LogP contribution in [0.25, 0.3) is 11.3 Å². The second-order valence-electron chi connectivity index (χ2n) is 5.67. The molecule has 116 valence electrons. The van der Waals surface area contributed by atoms with E-state index in [0.29, 0.717) is 25.5 Å². The van der Waals surface area contributed by atoms with E-state index >= 15 is 0 Å². The maximum absolute atomic E-state index is 11.9. The first kappa shape index (κ1) is 14.8. The minimum Gasteiger partial charge on any atom is -0.444 e. The van der Waals surface area contributed by atoms with E-state index in [2.05, 4.69) is 17.1 Å². The van der Waals surface area contributed by atoms with Gasteiger partial charge in [0.25, 0.3) is 0 Å². The van der Waals surface area contributed by atoms with Gasteiger partial charge in [-0.25, -0.2) is 4.98 Å². The highest BCUT2D eigenvalue weighted by Crippen LogP contribution is 2.24. The van der Waals surface area contributed by atoms with Crippen LogP contribution in [-0.4, -0.2) is 42.6 Å². The SMILES string of the molecule is COCCN1C[C@@H](Cc2ccc(-c3cnco3)cc2)CC1=O. The van der Waals surface area contributed by atoms with Crippen LogP contribution in [0.4, 0.5) is 0 Å². The highest BCUT2D eigenvalue weighted by molar-refractivity contribution is 5.78. The Balaban J connectivity index is 1.58. The maximum Gasteiger partial charge on any atom is 0.223 e. The fourth-order valence-corrected chi connectivity index (χ4v) is 2.91. The third kappa shape index (κ3) is 3.36. The number of hydrogen-bond donors (Lipinski definition) is 0. The summed E-state index contributed by atoms with van der Waals surface area (Å²) in [5, 5.41) is 0. The van der Waals surface area contributed by atoms with Crippen LogP contribution in [-0.2, 0) is 16.0 Å². The van der Waals surface area contributed by atoms with Crippen molar-refractivity contribution in [3.05, 3.63) is 42.4 Å². The van der Waals surface area contributed by atoms with E-state index in [1.165, 1.54) is 12.0 Å². The molecule has 5 heteroatoms. The molecule has 0 radical (unpaired) electrons. The topological polar surface area (TPSA) is 55.6 Å². The minimum atomic E-state index is 0.236. The van der Waals surface area contributed by atoms with Crippen LogP contribution in [0.15, 0.2) is 41.3 Å². The molecule has 1 fully saturated rings. The van der Waals surface area contributed by atoms with Crippen molar-refractivity contribution in [2.24, 2.45) is 5.92 Å². The molecular formula is C17H20N2O3. The Kier molecular flexibility index (Phi) is 4.53. The Bertz CT molecular complexity index is 607. The number of methoxy groups -OCH3 is 1. The van der Waals surface area contributed by atoms with E-state index in [9.17, 15) is 4.79 Å². The van der Waals surface area contributed by atoms with Crippen molar-refractivity contribution in [3.63, 3.8) is 0 Å². The van der Waals surface area contributed by atoms with Crippen LogP contribution in [0.5, 0.6) is 0 Å². The Morgan fingerprint density at radius 3 is 2.86 bits per heavy atom. The molecule has 1 atom stereocenters. The predicted octanol–water partition coefficient (Wildman–Crippen LogP) is 2.38. The second kappa shape index (κ2) is 6.75. The number of carbonyl (C=O) groups is 1. The van der Waals surface area contributed by atoms with E-state index in [4.69, 9.17) is 9.15 Å². The average molecular weight is 300 g/mol. The molecule has 2 heterocycles. The Morgan fingerprint density at radius 1 is 1.36 bits per heavy atom. The van der Waals surface area contributed by atoms with Crippen molar-refractivity contribution in [2.75, 3.05) is 26.8 Å². The third-order valence-corrected chi connectivity index (χ3v) is 4.06. The van der Waals surface area contributed by atoms with Gasteiger partial charge in [0, 0.05) is 32.2 Å². The van der Waals surface area contributed by atoms with Crippen molar-refractivity contribution in [2.45, 2.75) is 12.8 Å². The van der Waals surface area contributed by atoms with Gasteiger partial charge in [-0.15, -0.1) is 0 Å². The van der Waals surface area contributed by atoms with Crippen molar-refractivity contribution in [1.82, 2.24) is 9.88 Å². The summed E-state index contributed by atoms with van der Waals surface area (Å²) in [6.07, 6.45) is 4.69. The van der Waals surface area contributed by atoms with E-state index in [1.54, 1.807) is 13.3 Å². The number of aromatic nitrogens is 1. The molecule has 0 saturated carbocycles. The first-order valence-corrected chi connectivity index (χ1v) is 7.51. The summed E-state index contributed by atoms with van der Waals surface area (Å²) in [4.78, 5) is 17.8. The number of oxazole rings is 1. The average Bonchev–Trinajstić information content (AvgIpc) is 3.16. The molecule has 1 aromatic heterocycles. The molecule has 0 N–H and O–H groups in total. The van der Waals surface area contributed by atoms with Crippen molar-refractivity contribution in [1.29, 1.82) is 0 Å². The summed E-state index contributed by atoms with van der Waals surface area (Å²) < 4.78 is 10.3. The lowest BCUT2D eigenvalue weighted by Crippen LogP contribution is -2.28. The standard InChI is InChI=1S/C17H20N2O3/c1-21-7-6-19-11-14(9-17(19)20)8-13-2-4-15(5-3-13)16-10-18-12-22-16/h2-5,10,12,14H,6-9,11H2,1H3/t14-/m0/s1. The number of hydrogen-bond acceptors (Lipinski definition) is 4. The summed E-state index contributed by atoms with van der Waals surface area (Å²) >= 11 is 0. The molecule has 1 saturated heterocycles. The summed E-state index contributed by atoms with van der Waals surface area (Å²) in [7, 11) is 1.66. The minimum absolute atomic E-state index is 0.236. The Labute approximate surface area is 129 Å². The number of ether oxygens (including phenoxy) is 1. The van der Waals surface area contributed by atoms with Crippen LogP contribution in [0.3, 0.4) is 0 Å². The molecular weight excluding hydrogens is 280 g/mol. The van der Waals surface area contributed by atoms with E-state index < -0.39 is 0 Å². The monoisotopic (exact) mass is 300 g/mol. The molecule has 1 aromatic carbocycles. The van der Waals surface area contributed by atoms with E-state index in [1.807, 2.05) is 17.0 Å². The van der Waals surface area contributed by atoms with Gasteiger partial charge in [-0.1, -0.05) is 24.3 Å². The smallest absolute Gasteiger partial charge is 0.223 e. The molecule has 0 aliphatic carbocycles. The zero-order valence-corrected chi connectivity index (χ0v) is 12.7. The van der Waals surface area contributed by atoms with Gasteiger partial charge >= 0.3 is 0 Å². The van der Waals surface area contributed by atoms with Gasteiger partial charge in [0.05, 0.1) is 12.8 Å². The molecule has 1 aliphatic rings. The fourth-order valence-electron chi connectivity index (χ4n) is 2.91. The maximum atomic E-state index is 11.9. The number of likely N-dealkylation sites (tertiary alicyclic amines) is 1. The quantitative estimate of drug-likeness (QED) is 0.822. The van der Waals surface area contributed by atoms with Crippen LogP contribution >= 0.6 is 0 Å². The lowest BCUT2D eigenvalue weighted by Gasteiger charge is -2.16. The number of amides is 1. The zero-order valence-electron chi connectivity index (χ0n) is 12.7. The first-order valence-electron chi connectivity index (χ1n) is 7.51. The Hall–Kier alpha value is -2.14. The van der Waals surface area contributed by atoms with Crippen LogP contribution in [0, 0.1) is 5.92 Å². The molecule has 22 heavy (non-hydrogen) atoms. The summed E-state index contributed by atoms with van der Waals surface area (Å²) in [5.41, 5.74) is 2.26. The van der Waals surface area contributed by atoms with Gasteiger partial charge in [-0.3, -0.25) is 4.79 Å². The lowest BCUT2D eigenvalue weighted by molar-refractivity contribution is -0.128. The number of nitrogens with zero attached hydrogens (tertiary/aromatic N) is 2. The number of carbonyl (C=O) groups excluding carboxylic acids is 1. The van der Waals surface area contributed by atoms with Gasteiger partial charge in [0.2, 0.25) is 5.91 Å². The molecule has 2 aromatic rings. The summed E-state index contributed by atoms with van der Waals surface area (Å²) in [5.74, 6) is 1.40. The second-order valence-corrected chi connectivity index (χ2v) is 5.67. The number of benzene rings is 1. The van der Waals surface area contributed by atoms with Crippen molar-refractivity contribution in [3.8, 4) is 11.3 Å². The van der Waals surface area contributed by atoms with Gasteiger partial charge in [-0.2, -0.15) is 0 Å². The molecule has 1 aliphatic heterocycles. The molecule has 0 spiro atoms. The van der Waals surface area contributed by atoms with Crippen LogP contribution in [0.2, 0.25) is 0 Å².